The monoisotopic (exact) mass is 456 g/mol. The summed E-state index contributed by atoms with van der Waals surface area (Å²) in [5.41, 5.74) is 0.615. The highest BCUT2D eigenvalue weighted by Gasteiger charge is 2.20. The van der Waals surface area contributed by atoms with E-state index in [2.05, 4.69) is 9.98 Å². The van der Waals surface area contributed by atoms with Gasteiger partial charge in [-0.05, 0) is 37.1 Å². The number of rotatable bonds is 5. The first-order valence-electron chi connectivity index (χ1n) is 10.7. The molecule has 170 valence electrons. The highest BCUT2D eigenvalue weighted by molar-refractivity contribution is 5.98. The molecule has 0 N–H and O–H groups in total. The highest BCUT2D eigenvalue weighted by Crippen LogP contribution is 2.19. The van der Waals surface area contributed by atoms with Crippen molar-refractivity contribution in [3.63, 3.8) is 0 Å². The summed E-state index contributed by atoms with van der Waals surface area (Å²) in [5.74, 6) is -0.859. The maximum atomic E-state index is 13.2. The Labute approximate surface area is 193 Å². The van der Waals surface area contributed by atoms with Crippen molar-refractivity contribution in [2.24, 2.45) is 4.99 Å². The van der Waals surface area contributed by atoms with Crippen LogP contribution in [0.3, 0.4) is 0 Å². The first-order valence-corrected chi connectivity index (χ1v) is 10.7. The summed E-state index contributed by atoms with van der Waals surface area (Å²) in [6, 6.07) is 12.4. The van der Waals surface area contributed by atoms with E-state index < -0.39 is 10.8 Å². The molecule has 34 heavy (non-hydrogen) atoms. The van der Waals surface area contributed by atoms with Crippen LogP contribution in [0.5, 0.6) is 0 Å². The number of aryl methyl sites for hydroxylation is 2. The topological polar surface area (TPSA) is 136 Å². The van der Waals surface area contributed by atoms with E-state index in [9.17, 15) is 25.0 Å². The minimum absolute atomic E-state index is 0.00189. The Morgan fingerprint density at radius 3 is 2.71 bits per heavy atom. The second-order valence-corrected chi connectivity index (χ2v) is 7.73. The number of carbonyl (C=O) groups is 1. The van der Waals surface area contributed by atoms with E-state index in [0.717, 1.165) is 12.0 Å². The standard InChI is InChI=1S/C24H20N6O4/c1-3-4-11-28-21(27-23(31)17-9-5-6-10-19(17)30(33)34)16(14-25)13-18-22(28)26-20-15(2)8-7-12-29(20)24(18)32/h5-10,12-13H,3-4,11H2,1-2H3. The number of hydrogen-bond acceptors (Lipinski definition) is 6. The van der Waals surface area contributed by atoms with Crippen LogP contribution in [0.1, 0.15) is 41.3 Å². The molecule has 0 saturated heterocycles. The number of pyridine rings is 2. The van der Waals surface area contributed by atoms with E-state index >= 15 is 0 Å². The molecule has 0 saturated carbocycles. The number of nitrogens with zero attached hydrogens (tertiary/aromatic N) is 6. The normalized spacial score (nSPS) is 11.6. The third kappa shape index (κ3) is 3.84. The van der Waals surface area contributed by atoms with Gasteiger partial charge in [-0.1, -0.05) is 31.5 Å². The number of nitriles is 1. The summed E-state index contributed by atoms with van der Waals surface area (Å²) < 4.78 is 3.00. The largest absolute Gasteiger partial charge is 0.309 e. The van der Waals surface area contributed by atoms with E-state index in [1.54, 1.807) is 16.8 Å². The molecule has 10 heteroatoms. The van der Waals surface area contributed by atoms with E-state index in [1.807, 2.05) is 26.0 Å². The Morgan fingerprint density at radius 1 is 1.24 bits per heavy atom. The predicted molar refractivity (Wildman–Crippen MR) is 124 cm³/mol. The average molecular weight is 456 g/mol. The minimum Gasteiger partial charge on any atom is -0.309 e. The van der Waals surface area contributed by atoms with Crippen LogP contribution in [-0.4, -0.2) is 24.8 Å². The fourth-order valence-electron chi connectivity index (χ4n) is 3.79. The third-order valence-corrected chi connectivity index (χ3v) is 5.50. The molecule has 0 atom stereocenters. The molecule has 0 fully saturated rings. The molecule has 4 aromatic rings. The molecular formula is C24H20N6O4. The van der Waals surface area contributed by atoms with Crippen molar-refractivity contribution in [3.05, 3.63) is 91.3 Å². The van der Waals surface area contributed by atoms with Crippen LogP contribution in [0, 0.1) is 28.4 Å². The molecule has 0 aliphatic rings. The van der Waals surface area contributed by atoms with Gasteiger partial charge in [-0.3, -0.25) is 24.1 Å². The quantitative estimate of drug-likeness (QED) is 0.257. The van der Waals surface area contributed by atoms with Gasteiger partial charge in [0.25, 0.3) is 17.2 Å². The SMILES string of the molecule is CCCCn1c(=NC(=O)c2ccccc2[N+](=O)[O-])c(C#N)cc2c(=O)n3cccc(C)c3nc21. The summed E-state index contributed by atoms with van der Waals surface area (Å²) in [4.78, 5) is 45.8. The lowest BCUT2D eigenvalue weighted by atomic mass is 10.1. The fourth-order valence-corrected chi connectivity index (χ4v) is 3.79. The molecule has 0 aliphatic carbocycles. The number of hydrogen-bond donors (Lipinski definition) is 0. The zero-order valence-electron chi connectivity index (χ0n) is 18.6. The van der Waals surface area contributed by atoms with Crippen LogP contribution in [-0.2, 0) is 6.54 Å². The summed E-state index contributed by atoms with van der Waals surface area (Å²) >= 11 is 0. The Balaban J connectivity index is 2.11. The predicted octanol–water partition coefficient (Wildman–Crippen LogP) is 3.28. The van der Waals surface area contributed by atoms with Gasteiger partial charge in [-0.15, -0.1) is 0 Å². The molecule has 10 nitrogen and oxygen atoms in total. The maximum Gasteiger partial charge on any atom is 0.285 e. The molecule has 4 rings (SSSR count). The summed E-state index contributed by atoms with van der Waals surface area (Å²) in [6.07, 6.45) is 3.08. The van der Waals surface area contributed by atoms with E-state index in [4.69, 9.17) is 0 Å². The molecular weight excluding hydrogens is 436 g/mol. The Kier molecular flexibility index (Phi) is 6.01. The molecule has 1 amide bonds. The second kappa shape index (κ2) is 9.07. The number of nitro groups is 1. The number of aromatic nitrogens is 3. The Hall–Kier alpha value is -4.65. The van der Waals surface area contributed by atoms with Crippen molar-refractivity contribution < 1.29 is 9.72 Å². The van der Waals surface area contributed by atoms with Gasteiger partial charge >= 0.3 is 0 Å². The van der Waals surface area contributed by atoms with Gasteiger partial charge in [0.1, 0.15) is 22.9 Å². The molecule has 0 spiro atoms. The number of nitro benzene ring substituents is 1. The molecule has 0 radical (unpaired) electrons. The van der Waals surface area contributed by atoms with Crippen LogP contribution in [0.4, 0.5) is 5.69 Å². The number of amides is 1. The van der Waals surface area contributed by atoms with Crippen LogP contribution in [0.15, 0.2) is 58.4 Å². The lowest BCUT2D eigenvalue weighted by Gasteiger charge is -2.13. The lowest BCUT2D eigenvalue weighted by molar-refractivity contribution is -0.385. The van der Waals surface area contributed by atoms with Crippen molar-refractivity contribution >= 4 is 28.3 Å². The smallest absolute Gasteiger partial charge is 0.285 e. The van der Waals surface area contributed by atoms with E-state index in [0.29, 0.717) is 24.3 Å². The van der Waals surface area contributed by atoms with Crippen LogP contribution in [0.25, 0.3) is 16.7 Å². The molecule has 3 aromatic heterocycles. The third-order valence-electron chi connectivity index (χ3n) is 5.50. The van der Waals surface area contributed by atoms with Gasteiger partial charge in [0.2, 0.25) is 0 Å². The van der Waals surface area contributed by atoms with Gasteiger partial charge in [0.15, 0.2) is 5.49 Å². The first kappa shape index (κ1) is 22.5. The van der Waals surface area contributed by atoms with Gasteiger partial charge in [0.05, 0.1) is 15.9 Å². The van der Waals surface area contributed by atoms with Gasteiger partial charge in [-0.25, -0.2) is 4.98 Å². The van der Waals surface area contributed by atoms with Crippen molar-refractivity contribution in [3.8, 4) is 6.07 Å². The number of fused-ring (bicyclic) bond motifs is 2. The summed E-state index contributed by atoms with van der Waals surface area (Å²) in [6.45, 7) is 4.16. The molecule has 0 unspecified atom stereocenters. The number of para-hydroxylation sites is 1. The summed E-state index contributed by atoms with van der Waals surface area (Å²) in [5, 5.41) is 21.4. The van der Waals surface area contributed by atoms with Crippen LogP contribution >= 0.6 is 0 Å². The molecule has 3 heterocycles. The zero-order chi connectivity index (χ0) is 24.4. The van der Waals surface area contributed by atoms with Gasteiger partial charge in [-0.2, -0.15) is 10.3 Å². The first-order chi connectivity index (χ1) is 16.4. The zero-order valence-corrected chi connectivity index (χ0v) is 18.6. The van der Waals surface area contributed by atoms with Crippen LogP contribution in [0.2, 0.25) is 0 Å². The van der Waals surface area contributed by atoms with Crippen molar-refractivity contribution in [1.29, 1.82) is 5.26 Å². The van der Waals surface area contributed by atoms with E-state index in [-0.39, 0.29) is 33.2 Å². The molecule has 1 aromatic carbocycles. The van der Waals surface area contributed by atoms with Crippen molar-refractivity contribution in [2.45, 2.75) is 33.2 Å². The Morgan fingerprint density at radius 2 is 2.00 bits per heavy atom. The van der Waals surface area contributed by atoms with E-state index in [1.165, 1.54) is 34.7 Å². The molecule has 0 aliphatic heterocycles. The Bertz CT molecular complexity index is 1640. The number of carbonyl (C=O) groups excluding carboxylic acids is 1. The fraction of sp³-hybridized carbons (Fsp3) is 0.208. The van der Waals surface area contributed by atoms with Crippen molar-refractivity contribution in [1.82, 2.24) is 14.0 Å². The summed E-state index contributed by atoms with van der Waals surface area (Å²) in [7, 11) is 0. The number of unbranched alkanes of at least 4 members (excludes halogenated alkanes) is 1. The van der Waals surface area contributed by atoms with Crippen molar-refractivity contribution in [2.75, 3.05) is 0 Å². The maximum absolute atomic E-state index is 13.2. The lowest BCUT2D eigenvalue weighted by Crippen LogP contribution is -2.30. The van der Waals surface area contributed by atoms with Gasteiger partial charge in [0, 0.05) is 18.8 Å². The molecule has 0 bridgehead atoms. The van der Waals surface area contributed by atoms with Crippen LogP contribution < -0.4 is 11.0 Å². The van der Waals surface area contributed by atoms with Gasteiger partial charge < -0.3 is 4.57 Å². The average Bonchev–Trinajstić information content (AvgIpc) is 2.84. The number of benzene rings is 1. The second-order valence-electron chi connectivity index (χ2n) is 7.73. The minimum atomic E-state index is -0.859. The highest BCUT2D eigenvalue weighted by atomic mass is 16.6.